The van der Waals surface area contributed by atoms with Crippen molar-refractivity contribution in [2.24, 2.45) is 0 Å². The zero-order valence-electron chi connectivity index (χ0n) is 13.8. The van der Waals surface area contributed by atoms with Crippen LogP contribution in [0, 0.1) is 0 Å². The lowest BCUT2D eigenvalue weighted by Crippen LogP contribution is -1.97. The first kappa shape index (κ1) is 16.8. The van der Waals surface area contributed by atoms with Gasteiger partial charge in [0.2, 0.25) is 0 Å². The Morgan fingerprint density at radius 2 is 1.23 bits per heavy atom. The first-order chi connectivity index (χ1) is 12.7. The van der Waals surface area contributed by atoms with Crippen LogP contribution >= 0.6 is 23.2 Å². The fourth-order valence-electron chi connectivity index (χ4n) is 2.96. The number of halogens is 2. The molecule has 0 aromatic heterocycles. The van der Waals surface area contributed by atoms with E-state index in [9.17, 15) is 0 Å². The summed E-state index contributed by atoms with van der Waals surface area (Å²) in [5.74, 6) is 0. The van der Waals surface area contributed by atoms with Crippen LogP contribution in [0.5, 0.6) is 0 Å². The Labute approximate surface area is 162 Å². The van der Waals surface area contributed by atoms with Gasteiger partial charge in [-0.2, -0.15) is 0 Å². The number of hydrogen-bond acceptors (Lipinski definition) is 2. The Bertz CT molecular complexity index is 1050. The minimum absolute atomic E-state index is 0.505. The summed E-state index contributed by atoms with van der Waals surface area (Å²) in [4.78, 5) is 0. The first-order valence-electron chi connectivity index (χ1n) is 8.27. The van der Waals surface area contributed by atoms with Crippen molar-refractivity contribution in [1.29, 1.82) is 0 Å². The molecule has 4 rings (SSSR count). The lowest BCUT2D eigenvalue weighted by atomic mass is 10.1. The molecule has 0 spiro atoms. The lowest BCUT2D eigenvalue weighted by Gasteiger charge is -2.17. The molecule has 128 valence electrons. The van der Waals surface area contributed by atoms with Crippen molar-refractivity contribution < 1.29 is 0 Å². The Morgan fingerprint density at radius 3 is 1.88 bits per heavy atom. The molecular weight excluding hydrogens is 363 g/mol. The quantitative estimate of drug-likeness (QED) is 0.381. The second-order valence-electron chi connectivity index (χ2n) is 5.93. The maximum atomic E-state index is 6.57. The van der Waals surface area contributed by atoms with E-state index in [1.54, 1.807) is 0 Å². The van der Waals surface area contributed by atoms with Crippen LogP contribution in [0.15, 0.2) is 84.9 Å². The lowest BCUT2D eigenvalue weighted by molar-refractivity contribution is 1.55. The molecule has 0 atom stereocenters. The Kier molecular flexibility index (Phi) is 4.70. The summed E-state index contributed by atoms with van der Waals surface area (Å²) in [6.07, 6.45) is 0. The second-order valence-corrected chi connectivity index (χ2v) is 6.72. The largest absolute Gasteiger partial charge is 0.355 e. The van der Waals surface area contributed by atoms with E-state index in [4.69, 9.17) is 23.2 Å². The summed E-state index contributed by atoms with van der Waals surface area (Å²) in [5.41, 5.74) is 3.72. The van der Waals surface area contributed by atoms with Crippen LogP contribution in [-0.2, 0) is 0 Å². The fraction of sp³-hybridized carbons (Fsp3) is 0. The zero-order chi connectivity index (χ0) is 17.9. The van der Waals surface area contributed by atoms with E-state index in [1.165, 1.54) is 0 Å². The highest BCUT2D eigenvalue weighted by Gasteiger charge is 2.14. The molecule has 4 heteroatoms. The van der Waals surface area contributed by atoms with Crippen LogP contribution < -0.4 is 10.6 Å². The number of benzene rings is 4. The molecule has 0 heterocycles. The monoisotopic (exact) mass is 378 g/mol. The third kappa shape index (κ3) is 3.34. The first-order valence-corrected chi connectivity index (χ1v) is 9.03. The molecule has 0 saturated heterocycles. The molecule has 0 radical (unpaired) electrons. The molecular formula is C22H16Cl2N2. The topological polar surface area (TPSA) is 24.1 Å². The van der Waals surface area contributed by atoms with Crippen molar-refractivity contribution in [2.75, 3.05) is 10.6 Å². The summed E-state index contributed by atoms with van der Waals surface area (Å²) in [5, 5.41) is 9.94. The van der Waals surface area contributed by atoms with Gasteiger partial charge in [-0.25, -0.2) is 0 Å². The van der Waals surface area contributed by atoms with Gasteiger partial charge in [0.1, 0.15) is 0 Å². The Balaban J connectivity index is 1.89. The molecule has 0 aliphatic rings. The Morgan fingerprint density at radius 1 is 0.615 bits per heavy atom. The minimum Gasteiger partial charge on any atom is -0.355 e. The number of hydrogen-bond donors (Lipinski definition) is 2. The van der Waals surface area contributed by atoms with Crippen LogP contribution in [0.4, 0.5) is 22.7 Å². The fourth-order valence-corrected chi connectivity index (χ4v) is 3.37. The molecule has 4 aromatic carbocycles. The van der Waals surface area contributed by atoms with Gasteiger partial charge >= 0.3 is 0 Å². The molecule has 0 aliphatic carbocycles. The molecule has 2 nitrogen and oxygen atoms in total. The SMILES string of the molecule is Clc1cc2cccc(Nc3ccccc3)c2c(Nc2ccccc2)c1Cl. The van der Waals surface area contributed by atoms with E-state index in [1.807, 2.05) is 84.9 Å². The molecule has 26 heavy (non-hydrogen) atoms. The van der Waals surface area contributed by atoms with Gasteiger partial charge in [0, 0.05) is 22.4 Å². The van der Waals surface area contributed by atoms with Crippen molar-refractivity contribution in [3.63, 3.8) is 0 Å². The predicted octanol–water partition coefficient (Wildman–Crippen LogP) is 7.63. The molecule has 0 fully saturated rings. The molecule has 0 amide bonds. The van der Waals surface area contributed by atoms with E-state index in [0.717, 1.165) is 33.5 Å². The summed E-state index contributed by atoms with van der Waals surface area (Å²) in [6, 6.07) is 27.9. The van der Waals surface area contributed by atoms with Crippen molar-refractivity contribution >= 4 is 56.7 Å². The van der Waals surface area contributed by atoms with Crippen molar-refractivity contribution in [2.45, 2.75) is 0 Å². The summed E-state index contributed by atoms with van der Waals surface area (Å²) < 4.78 is 0. The van der Waals surface area contributed by atoms with Gasteiger partial charge in [-0.05, 0) is 41.8 Å². The smallest absolute Gasteiger partial charge is 0.0834 e. The highest BCUT2D eigenvalue weighted by Crippen LogP contribution is 2.42. The van der Waals surface area contributed by atoms with Crippen LogP contribution in [0.3, 0.4) is 0 Å². The maximum absolute atomic E-state index is 6.57. The van der Waals surface area contributed by atoms with Crippen LogP contribution in [0.1, 0.15) is 0 Å². The Hall–Kier alpha value is -2.68. The van der Waals surface area contributed by atoms with E-state index in [-0.39, 0.29) is 0 Å². The average Bonchev–Trinajstić information content (AvgIpc) is 2.67. The van der Waals surface area contributed by atoms with Crippen LogP contribution in [0.2, 0.25) is 10.0 Å². The number of nitrogens with one attached hydrogen (secondary N) is 2. The van der Waals surface area contributed by atoms with Gasteiger partial charge in [0.05, 0.1) is 15.7 Å². The summed E-state index contributed by atoms with van der Waals surface area (Å²) in [7, 11) is 0. The van der Waals surface area contributed by atoms with Gasteiger partial charge in [-0.3, -0.25) is 0 Å². The third-order valence-electron chi connectivity index (χ3n) is 4.15. The number of para-hydroxylation sites is 2. The van der Waals surface area contributed by atoms with Crippen molar-refractivity contribution in [3.05, 3.63) is 95.0 Å². The number of anilines is 4. The standard InChI is InChI=1S/C22H16Cl2N2/c23-18-14-15-8-7-13-19(25-16-9-3-1-4-10-16)20(15)22(21(18)24)26-17-11-5-2-6-12-17/h1-14,25-26H. The van der Waals surface area contributed by atoms with Gasteiger partial charge in [-0.1, -0.05) is 71.7 Å². The number of fused-ring (bicyclic) bond motifs is 1. The van der Waals surface area contributed by atoms with E-state index in [2.05, 4.69) is 10.6 Å². The van der Waals surface area contributed by atoms with Gasteiger partial charge in [-0.15, -0.1) is 0 Å². The predicted molar refractivity (Wildman–Crippen MR) is 113 cm³/mol. The molecule has 0 unspecified atom stereocenters. The van der Waals surface area contributed by atoms with Gasteiger partial charge in [0.25, 0.3) is 0 Å². The van der Waals surface area contributed by atoms with E-state index >= 15 is 0 Å². The van der Waals surface area contributed by atoms with Crippen LogP contribution in [-0.4, -0.2) is 0 Å². The normalized spacial score (nSPS) is 10.7. The van der Waals surface area contributed by atoms with Crippen molar-refractivity contribution in [1.82, 2.24) is 0 Å². The van der Waals surface area contributed by atoms with Gasteiger partial charge < -0.3 is 10.6 Å². The second kappa shape index (κ2) is 7.28. The summed E-state index contributed by atoms with van der Waals surface area (Å²) in [6.45, 7) is 0. The molecule has 2 N–H and O–H groups in total. The van der Waals surface area contributed by atoms with Crippen molar-refractivity contribution in [3.8, 4) is 0 Å². The molecule has 4 aromatic rings. The average molecular weight is 379 g/mol. The maximum Gasteiger partial charge on any atom is 0.0834 e. The minimum atomic E-state index is 0.505. The summed E-state index contributed by atoms with van der Waals surface area (Å²) >= 11 is 13.0. The molecule has 0 aliphatic heterocycles. The van der Waals surface area contributed by atoms with E-state index < -0.39 is 0 Å². The third-order valence-corrected chi connectivity index (χ3v) is 4.94. The molecule has 0 saturated carbocycles. The number of rotatable bonds is 4. The van der Waals surface area contributed by atoms with Crippen LogP contribution in [0.25, 0.3) is 10.8 Å². The molecule has 0 bridgehead atoms. The van der Waals surface area contributed by atoms with E-state index in [0.29, 0.717) is 10.0 Å². The zero-order valence-corrected chi connectivity index (χ0v) is 15.4. The highest BCUT2D eigenvalue weighted by molar-refractivity contribution is 6.45. The highest BCUT2D eigenvalue weighted by atomic mass is 35.5. The van der Waals surface area contributed by atoms with Gasteiger partial charge in [0.15, 0.2) is 0 Å².